The van der Waals surface area contributed by atoms with Crippen LogP contribution in [0.2, 0.25) is 10.0 Å². The van der Waals surface area contributed by atoms with E-state index < -0.39 is 0 Å². The number of aromatic hydroxyl groups is 1. The molecule has 4 nitrogen and oxygen atoms in total. The van der Waals surface area contributed by atoms with Crippen LogP contribution < -0.4 is 10.2 Å². The molecule has 0 atom stereocenters. The fourth-order valence-electron chi connectivity index (χ4n) is 2.26. The molecule has 0 aliphatic rings. The van der Waals surface area contributed by atoms with Crippen LogP contribution in [-0.2, 0) is 6.61 Å². The van der Waals surface area contributed by atoms with Crippen LogP contribution in [0.15, 0.2) is 71.8 Å². The molecule has 3 aromatic rings. The van der Waals surface area contributed by atoms with Crippen LogP contribution in [-0.4, -0.2) is 11.3 Å². The van der Waals surface area contributed by atoms with Crippen LogP contribution in [0.25, 0.3) is 0 Å². The van der Waals surface area contributed by atoms with E-state index >= 15 is 0 Å². The lowest BCUT2D eigenvalue weighted by atomic mass is 10.2. The van der Waals surface area contributed by atoms with Crippen molar-refractivity contribution in [3.8, 4) is 11.5 Å². The largest absolute Gasteiger partial charge is 0.506 e. The van der Waals surface area contributed by atoms with E-state index in [0.717, 1.165) is 17.0 Å². The highest BCUT2D eigenvalue weighted by molar-refractivity contribution is 6.36. The van der Waals surface area contributed by atoms with E-state index in [1.165, 1.54) is 12.3 Å². The van der Waals surface area contributed by atoms with Crippen molar-refractivity contribution >= 4 is 35.1 Å². The minimum atomic E-state index is -0.0680. The van der Waals surface area contributed by atoms with E-state index in [9.17, 15) is 5.11 Å². The topological polar surface area (TPSA) is 53.9 Å². The fourth-order valence-corrected chi connectivity index (χ4v) is 2.77. The highest BCUT2D eigenvalue weighted by atomic mass is 35.5. The maximum absolute atomic E-state index is 9.91. The number of nitrogens with zero attached hydrogens (tertiary/aromatic N) is 1. The van der Waals surface area contributed by atoms with Gasteiger partial charge in [0.1, 0.15) is 18.1 Å². The zero-order valence-corrected chi connectivity index (χ0v) is 15.2. The third-order valence-electron chi connectivity index (χ3n) is 3.54. The molecule has 0 saturated heterocycles. The number of hydrazone groups is 1. The van der Waals surface area contributed by atoms with Crippen LogP contribution >= 0.6 is 23.2 Å². The average molecular weight is 387 g/mol. The molecule has 3 rings (SSSR count). The molecule has 26 heavy (non-hydrogen) atoms. The monoisotopic (exact) mass is 386 g/mol. The van der Waals surface area contributed by atoms with Gasteiger partial charge in [0.05, 0.1) is 16.9 Å². The molecule has 0 aliphatic carbocycles. The Morgan fingerprint density at radius 2 is 1.81 bits per heavy atom. The molecule has 0 unspecified atom stereocenters. The van der Waals surface area contributed by atoms with Crippen LogP contribution in [0.3, 0.4) is 0 Å². The van der Waals surface area contributed by atoms with Gasteiger partial charge in [0.25, 0.3) is 0 Å². The van der Waals surface area contributed by atoms with E-state index in [1.807, 2.05) is 54.6 Å². The third-order valence-corrected chi connectivity index (χ3v) is 4.04. The Morgan fingerprint density at radius 1 is 1.00 bits per heavy atom. The molecular weight excluding hydrogens is 371 g/mol. The summed E-state index contributed by atoms with van der Waals surface area (Å²) in [5.74, 6) is 0.657. The summed E-state index contributed by atoms with van der Waals surface area (Å²) in [6, 6.07) is 20.4. The molecule has 0 fully saturated rings. The Labute approximate surface area is 161 Å². The first kappa shape index (κ1) is 18.1. The Morgan fingerprint density at radius 3 is 2.62 bits per heavy atom. The molecular formula is C20H16Cl2N2O2. The summed E-state index contributed by atoms with van der Waals surface area (Å²) < 4.78 is 5.78. The van der Waals surface area contributed by atoms with Gasteiger partial charge in [-0.2, -0.15) is 5.10 Å². The molecule has 0 aliphatic heterocycles. The van der Waals surface area contributed by atoms with E-state index in [0.29, 0.717) is 17.2 Å². The summed E-state index contributed by atoms with van der Waals surface area (Å²) in [5, 5.41) is 14.6. The number of phenols is 1. The standard InChI is InChI=1S/C20H16Cl2N2O2/c21-16-9-15(20(25)19(22)10-16)12-23-24-17-7-4-8-18(11-17)26-13-14-5-2-1-3-6-14/h1-12,24-25H,13H2/b23-12+. The van der Waals surface area contributed by atoms with Crippen molar-refractivity contribution in [1.29, 1.82) is 0 Å². The van der Waals surface area contributed by atoms with Crippen molar-refractivity contribution in [1.82, 2.24) is 0 Å². The Balaban J connectivity index is 1.64. The Bertz CT molecular complexity index is 915. The molecule has 6 heteroatoms. The summed E-state index contributed by atoms with van der Waals surface area (Å²) in [4.78, 5) is 0. The van der Waals surface area contributed by atoms with Gasteiger partial charge in [-0.25, -0.2) is 0 Å². The highest BCUT2D eigenvalue weighted by Gasteiger charge is 2.05. The lowest BCUT2D eigenvalue weighted by Gasteiger charge is -2.08. The predicted octanol–water partition coefficient (Wildman–Crippen LogP) is 5.72. The summed E-state index contributed by atoms with van der Waals surface area (Å²) >= 11 is 11.8. The Hall–Kier alpha value is -2.69. The summed E-state index contributed by atoms with van der Waals surface area (Å²) in [7, 11) is 0. The highest BCUT2D eigenvalue weighted by Crippen LogP contribution is 2.30. The zero-order valence-electron chi connectivity index (χ0n) is 13.7. The van der Waals surface area contributed by atoms with Gasteiger partial charge in [0.2, 0.25) is 0 Å². The number of hydrogen-bond donors (Lipinski definition) is 2. The SMILES string of the molecule is Oc1c(Cl)cc(Cl)cc1/C=N/Nc1cccc(OCc2ccccc2)c1. The van der Waals surface area contributed by atoms with Crippen LogP contribution in [0.1, 0.15) is 11.1 Å². The second kappa shape index (κ2) is 8.61. The van der Waals surface area contributed by atoms with Crippen molar-refractivity contribution in [3.05, 3.63) is 87.9 Å². The van der Waals surface area contributed by atoms with Gasteiger partial charge in [0, 0.05) is 16.7 Å². The lowest BCUT2D eigenvalue weighted by molar-refractivity contribution is 0.306. The van der Waals surface area contributed by atoms with Crippen molar-refractivity contribution in [2.75, 3.05) is 5.43 Å². The number of rotatable bonds is 6. The van der Waals surface area contributed by atoms with Gasteiger partial charge in [-0.1, -0.05) is 59.6 Å². The van der Waals surface area contributed by atoms with E-state index in [4.69, 9.17) is 27.9 Å². The number of phenolic OH excluding ortho intramolecular Hbond substituents is 1. The number of halogens is 2. The first-order valence-electron chi connectivity index (χ1n) is 7.86. The maximum atomic E-state index is 9.91. The summed E-state index contributed by atoms with van der Waals surface area (Å²) in [6.45, 7) is 0.489. The second-order valence-electron chi connectivity index (χ2n) is 5.50. The molecule has 3 aromatic carbocycles. The third kappa shape index (κ3) is 4.91. The normalized spacial score (nSPS) is 10.8. The van der Waals surface area contributed by atoms with E-state index in [2.05, 4.69) is 10.5 Å². The minimum absolute atomic E-state index is 0.0680. The maximum Gasteiger partial charge on any atom is 0.143 e. The molecule has 0 saturated carbocycles. The van der Waals surface area contributed by atoms with Gasteiger partial charge in [-0.3, -0.25) is 5.43 Å². The summed E-state index contributed by atoms with van der Waals surface area (Å²) in [6.07, 6.45) is 1.45. The molecule has 0 amide bonds. The van der Waals surface area contributed by atoms with Crippen molar-refractivity contribution in [3.63, 3.8) is 0 Å². The van der Waals surface area contributed by atoms with Gasteiger partial charge in [0.15, 0.2) is 0 Å². The fraction of sp³-hybridized carbons (Fsp3) is 0.0500. The number of ether oxygens (including phenoxy) is 1. The number of nitrogens with one attached hydrogen (secondary N) is 1. The number of anilines is 1. The van der Waals surface area contributed by atoms with Gasteiger partial charge >= 0.3 is 0 Å². The molecule has 132 valence electrons. The zero-order chi connectivity index (χ0) is 18.4. The second-order valence-corrected chi connectivity index (χ2v) is 6.34. The smallest absolute Gasteiger partial charge is 0.143 e. The van der Waals surface area contributed by atoms with Crippen molar-refractivity contribution in [2.45, 2.75) is 6.61 Å². The van der Waals surface area contributed by atoms with Crippen molar-refractivity contribution < 1.29 is 9.84 Å². The summed E-state index contributed by atoms with van der Waals surface area (Å²) in [5.41, 5.74) is 5.16. The molecule has 0 aromatic heterocycles. The van der Waals surface area contributed by atoms with Crippen LogP contribution in [0.5, 0.6) is 11.5 Å². The van der Waals surface area contributed by atoms with Gasteiger partial charge in [-0.05, 0) is 29.8 Å². The first-order chi connectivity index (χ1) is 12.6. The minimum Gasteiger partial charge on any atom is -0.506 e. The molecule has 0 bridgehead atoms. The molecule has 0 radical (unpaired) electrons. The van der Waals surface area contributed by atoms with Gasteiger partial charge < -0.3 is 9.84 Å². The van der Waals surface area contributed by atoms with E-state index in [-0.39, 0.29) is 10.8 Å². The lowest BCUT2D eigenvalue weighted by Crippen LogP contribution is -1.96. The van der Waals surface area contributed by atoms with Crippen molar-refractivity contribution in [2.24, 2.45) is 5.10 Å². The number of benzene rings is 3. The van der Waals surface area contributed by atoms with Gasteiger partial charge in [-0.15, -0.1) is 0 Å². The van der Waals surface area contributed by atoms with Crippen LogP contribution in [0.4, 0.5) is 5.69 Å². The molecule has 0 heterocycles. The Kier molecular flexibility index (Phi) is 6.00. The molecule has 0 spiro atoms. The number of hydrogen-bond acceptors (Lipinski definition) is 4. The quantitative estimate of drug-likeness (QED) is 0.420. The predicted molar refractivity (Wildman–Crippen MR) is 107 cm³/mol. The molecule has 2 N–H and O–H groups in total. The first-order valence-corrected chi connectivity index (χ1v) is 8.61. The average Bonchev–Trinajstić information content (AvgIpc) is 2.65. The van der Waals surface area contributed by atoms with E-state index in [1.54, 1.807) is 6.07 Å². The van der Waals surface area contributed by atoms with Crippen LogP contribution in [0, 0.1) is 0 Å².